The number of nitrogens with zero attached hydrogens (tertiary/aromatic N) is 1. The summed E-state index contributed by atoms with van der Waals surface area (Å²) in [5.74, 6) is -0.169. The van der Waals surface area contributed by atoms with Crippen molar-refractivity contribution in [3.8, 4) is 5.75 Å². The molecule has 0 atom stereocenters. The second kappa shape index (κ2) is 7.79. The topological polar surface area (TPSA) is 60.3 Å². The van der Waals surface area contributed by atoms with Crippen LogP contribution in [0.4, 0.5) is 18.9 Å². The number of fused-ring (bicyclic) bond motifs is 2. The van der Waals surface area contributed by atoms with Crippen molar-refractivity contribution in [3.63, 3.8) is 0 Å². The molecule has 4 aromatic rings. The number of hydrogen-bond acceptors (Lipinski definition) is 3. The van der Waals surface area contributed by atoms with Crippen molar-refractivity contribution in [2.24, 2.45) is 0 Å². The van der Waals surface area contributed by atoms with Crippen molar-refractivity contribution in [1.29, 1.82) is 0 Å². The molecule has 8 heteroatoms. The molecule has 0 fully saturated rings. The zero-order valence-corrected chi connectivity index (χ0v) is 16.4. The molecular formula is C23H17F3N2O3. The first-order valence-corrected chi connectivity index (χ1v) is 9.35. The van der Waals surface area contributed by atoms with Gasteiger partial charge in [-0.15, -0.1) is 0 Å². The third-order valence-electron chi connectivity index (χ3n) is 4.99. The number of pyridine rings is 1. The van der Waals surface area contributed by atoms with E-state index in [2.05, 4.69) is 5.32 Å². The Morgan fingerprint density at radius 2 is 1.65 bits per heavy atom. The van der Waals surface area contributed by atoms with Gasteiger partial charge in [-0.1, -0.05) is 24.3 Å². The van der Waals surface area contributed by atoms with E-state index in [4.69, 9.17) is 4.74 Å². The molecule has 1 aromatic heterocycles. The third kappa shape index (κ3) is 3.84. The number of methoxy groups -OCH3 is 1. The number of para-hydroxylation sites is 2. The highest BCUT2D eigenvalue weighted by Crippen LogP contribution is 2.34. The maximum absolute atomic E-state index is 13.3. The fourth-order valence-corrected chi connectivity index (χ4v) is 3.58. The maximum Gasteiger partial charge on any atom is 0.418 e. The Balaban J connectivity index is 1.81. The molecule has 0 unspecified atom stereocenters. The number of ether oxygens (including phenoxy) is 1. The Kier molecular flexibility index (Phi) is 5.14. The van der Waals surface area contributed by atoms with E-state index in [1.54, 1.807) is 47.0 Å². The summed E-state index contributed by atoms with van der Waals surface area (Å²) in [7, 11) is 1.48. The largest absolute Gasteiger partial charge is 0.497 e. The van der Waals surface area contributed by atoms with E-state index in [9.17, 15) is 22.8 Å². The van der Waals surface area contributed by atoms with Gasteiger partial charge >= 0.3 is 6.18 Å². The summed E-state index contributed by atoms with van der Waals surface area (Å²) in [6.45, 7) is -0.282. The summed E-state index contributed by atoms with van der Waals surface area (Å²) < 4.78 is 46.6. The highest BCUT2D eigenvalue weighted by molar-refractivity contribution is 5.97. The number of anilines is 1. The van der Waals surface area contributed by atoms with Crippen LogP contribution in [-0.2, 0) is 17.5 Å². The predicted molar refractivity (Wildman–Crippen MR) is 112 cm³/mol. The normalized spacial score (nSPS) is 11.6. The average molecular weight is 426 g/mol. The van der Waals surface area contributed by atoms with Gasteiger partial charge < -0.3 is 14.6 Å². The molecule has 4 rings (SSSR count). The highest BCUT2D eigenvalue weighted by atomic mass is 19.4. The Hall–Kier alpha value is -3.81. The first-order chi connectivity index (χ1) is 14.8. The molecule has 1 amide bonds. The molecule has 0 aliphatic rings. The van der Waals surface area contributed by atoms with Crippen LogP contribution in [0.1, 0.15) is 5.56 Å². The number of carbonyl (C=O) groups is 1. The summed E-state index contributed by atoms with van der Waals surface area (Å²) in [5, 5.41) is 3.09. The number of hydrogen-bond donors (Lipinski definition) is 1. The minimum Gasteiger partial charge on any atom is -0.497 e. The molecule has 0 radical (unpaired) electrons. The van der Waals surface area contributed by atoms with Crippen LogP contribution in [0, 0.1) is 0 Å². The first kappa shape index (κ1) is 20.5. The second-order valence-corrected chi connectivity index (χ2v) is 6.91. The summed E-state index contributed by atoms with van der Waals surface area (Å²) >= 11 is 0. The van der Waals surface area contributed by atoms with Crippen LogP contribution in [0.3, 0.4) is 0 Å². The van der Waals surface area contributed by atoms with E-state index in [0.717, 1.165) is 6.07 Å². The average Bonchev–Trinajstić information content (AvgIpc) is 2.76. The quantitative estimate of drug-likeness (QED) is 0.476. The lowest BCUT2D eigenvalue weighted by Gasteiger charge is -2.17. The van der Waals surface area contributed by atoms with E-state index >= 15 is 0 Å². The number of amides is 1. The smallest absolute Gasteiger partial charge is 0.418 e. The fourth-order valence-electron chi connectivity index (χ4n) is 3.58. The van der Waals surface area contributed by atoms with Crippen molar-refractivity contribution in [1.82, 2.24) is 4.57 Å². The van der Waals surface area contributed by atoms with Crippen molar-refractivity contribution >= 4 is 33.4 Å². The Bertz CT molecular complexity index is 1360. The maximum atomic E-state index is 13.3. The molecular weight excluding hydrogens is 409 g/mol. The second-order valence-electron chi connectivity index (χ2n) is 6.91. The van der Waals surface area contributed by atoms with Crippen LogP contribution in [0.25, 0.3) is 21.8 Å². The van der Waals surface area contributed by atoms with Gasteiger partial charge in [0.25, 0.3) is 0 Å². The van der Waals surface area contributed by atoms with Crippen LogP contribution < -0.4 is 15.5 Å². The molecule has 0 spiro atoms. The minimum absolute atomic E-state index is 0.219. The Labute approximate surface area is 174 Å². The molecule has 0 aliphatic heterocycles. The molecule has 31 heavy (non-hydrogen) atoms. The van der Waals surface area contributed by atoms with Crippen molar-refractivity contribution in [2.45, 2.75) is 12.7 Å². The number of alkyl halides is 3. The van der Waals surface area contributed by atoms with Crippen LogP contribution in [0.2, 0.25) is 0 Å². The van der Waals surface area contributed by atoms with E-state index in [0.29, 0.717) is 27.6 Å². The van der Waals surface area contributed by atoms with Crippen LogP contribution in [0.5, 0.6) is 5.75 Å². The fraction of sp³-hybridized carbons (Fsp3) is 0.130. The number of halogens is 3. The molecule has 0 saturated heterocycles. The molecule has 5 nitrogen and oxygen atoms in total. The lowest BCUT2D eigenvalue weighted by molar-refractivity contribution is -0.137. The van der Waals surface area contributed by atoms with Gasteiger partial charge in [0.05, 0.1) is 29.4 Å². The van der Waals surface area contributed by atoms with Crippen molar-refractivity contribution in [3.05, 3.63) is 82.5 Å². The summed E-state index contributed by atoms with van der Waals surface area (Å²) in [4.78, 5) is 25.7. The van der Waals surface area contributed by atoms with Crippen molar-refractivity contribution < 1.29 is 22.7 Å². The number of rotatable bonds is 4. The van der Waals surface area contributed by atoms with Gasteiger partial charge in [0.15, 0.2) is 5.43 Å². The van der Waals surface area contributed by atoms with Gasteiger partial charge in [-0.2, -0.15) is 13.2 Å². The van der Waals surface area contributed by atoms with Gasteiger partial charge in [0.2, 0.25) is 5.91 Å². The molecule has 1 heterocycles. The number of benzene rings is 3. The van der Waals surface area contributed by atoms with Crippen LogP contribution in [-0.4, -0.2) is 17.6 Å². The van der Waals surface area contributed by atoms with Gasteiger partial charge in [0, 0.05) is 10.8 Å². The van der Waals surface area contributed by atoms with Crippen LogP contribution in [0.15, 0.2) is 71.5 Å². The molecule has 158 valence electrons. The van der Waals surface area contributed by atoms with Crippen molar-refractivity contribution in [2.75, 3.05) is 12.4 Å². The minimum atomic E-state index is -4.60. The zero-order chi connectivity index (χ0) is 22.2. The van der Waals surface area contributed by atoms with Gasteiger partial charge in [-0.05, 0) is 42.5 Å². The monoisotopic (exact) mass is 426 g/mol. The molecule has 1 N–H and O–H groups in total. The number of aromatic nitrogens is 1. The standard InChI is InChI=1S/C23H17F3N2O3/c1-31-14-10-11-20-16(12-14)22(30)15-6-2-5-9-19(15)28(20)13-21(29)27-18-8-4-3-7-17(18)23(24,25)26/h2-12H,13H2,1H3,(H,27,29). The lowest BCUT2D eigenvalue weighted by Crippen LogP contribution is -2.23. The summed E-state index contributed by atoms with van der Waals surface area (Å²) in [5.41, 5.74) is -0.490. The summed E-state index contributed by atoms with van der Waals surface area (Å²) in [6, 6.07) is 16.4. The highest BCUT2D eigenvalue weighted by Gasteiger charge is 2.33. The molecule has 3 aromatic carbocycles. The van der Waals surface area contributed by atoms with Gasteiger partial charge in [0.1, 0.15) is 12.3 Å². The zero-order valence-electron chi connectivity index (χ0n) is 16.4. The number of carbonyl (C=O) groups excluding carboxylic acids is 1. The van der Waals surface area contributed by atoms with Crippen LogP contribution >= 0.6 is 0 Å². The molecule has 0 saturated carbocycles. The molecule has 0 aliphatic carbocycles. The Morgan fingerprint density at radius 1 is 0.968 bits per heavy atom. The van der Waals surface area contributed by atoms with E-state index < -0.39 is 17.6 Å². The SMILES string of the molecule is COc1ccc2c(c1)c(=O)c1ccccc1n2CC(=O)Nc1ccccc1C(F)(F)F. The van der Waals surface area contributed by atoms with Gasteiger partial charge in [-0.3, -0.25) is 9.59 Å². The Morgan fingerprint density at radius 3 is 2.39 bits per heavy atom. The first-order valence-electron chi connectivity index (χ1n) is 9.35. The third-order valence-corrected chi connectivity index (χ3v) is 4.99. The van der Waals surface area contributed by atoms with Gasteiger partial charge in [-0.25, -0.2) is 0 Å². The lowest BCUT2D eigenvalue weighted by atomic mass is 10.1. The predicted octanol–water partition coefficient (Wildman–Crippen LogP) is 4.82. The van der Waals surface area contributed by atoms with E-state index in [-0.39, 0.29) is 17.7 Å². The summed E-state index contributed by atoms with van der Waals surface area (Å²) in [6.07, 6.45) is -4.60. The molecule has 0 bridgehead atoms. The van der Waals surface area contributed by atoms with E-state index in [1.807, 2.05) is 0 Å². The van der Waals surface area contributed by atoms with E-state index in [1.165, 1.54) is 25.3 Å². The number of nitrogens with one attached hydrogen (secondary N) is 1.